The summed E-state index contributed by atoms with van der Waals surface area (Å²) in [4.78, 5) is 61.1. The molecule has 0 heterocycles. The molecule has 0 amide bonds. The zero-order valence-electron chi connectivity index (χ0n) is 43.4. The summed E-state index contributed by atoms with van der Waals surface area (Å²) < 4.78 is 0. The highest BCUT2D eigenvalue weighted by atomic mass is 16.4. The van der Waals surface area contributed by atoms with Gasteiger partial charge in [0.25, 0.3) is 22.8 Å². The number of hydrogen-bond donors (Lipinski definition) is 4. The van der Waals surface area contributed by atoms with Gasteiger partial charge in [0.1, 0.15) is 0 Å². The summed E-state index contributed by atoms with van der Waals surface area (Å²) >= 11 is 0. The van der Waals surface area contributed by atoms with E-state index in [1.54, 1.807) is 48.5 Å². The van der Waals surface area contributed by atoms with Gasteiger partial charge in [0.2, 0.25) is 0 Å². The molecule has 4 N–H and O–H groups in total. The molecule has 1 fully saturated rings. The third-order valence-electron chi connectivity index (χ3n) is 13.6. The van der Waals surface area contributed by atoms with Crippen LogP contribution in [0.2, 0.25) is 0 Å². The third kappa shape index (κ3) is 14.2. The van der Waals surface area contributed by atoms with Gasteiger partial charge < -0.3 is 25.3 Å². The van der Waals surface area contributed by atoms with E-state index in [0.717, 1.165) is 74.4 Å². The van der Waals surface area contributed by atoms with Crippen molar-refractivity contribution in [3.05, 3.63) is 300 Å². The Kier molecular flexibility index (Phi) is 18.0. The average molecular weight is 1060 g/mol. The van der Waals surface area contributed by atoms with E-state index in [-0.39, 0.29) is 0 Å². The molecule has 8 rings (SSSR count). The Morgan fingerprint density at radius 1 is 0.346 bits per heavy atom. The van der Waals surface area contributed by atoms with Crippen molar-refractivity contribution >= 4 is 88.5 Å². The zero-order valence-corrected chi connectivity index (χ0v) is 43.4. The second kappa shape index (κ2) is 26.1. The van der Waals surface area contributed by atoms with E-state index in [2.05, 4.69) is 48.5 Å². The maximum Gasteiger partial charge on any atom is 0.333 e. The van der Waals surface area contributed by atoms with Crippen LogP contribution in [0.5, 0.6) is 0 Å². The number of benzene rings is 7. The Morgan fingerprint density at radius 2 is 0.580 bits per heavy atom. The molecular weight excluding hydrogens is 1010 g/mol. The van der Waals surface area contributed by atoms with E-state index < -0.39 is 46.7 Å². The van der Waals surface area contributed by atoms with Crippen LogP contribution in [0.3, 0.4) is 0 Å². The molecule has 0 aromatic heterocycles. The van der Waals surface area contributed by atoms with Crippen molar-refractivity contribution in [1.29, 1.82) is 0 Å². The molecular formula is C68H49N5O8. The first kappa shape index (κ1) is 55.8. The summed E-state index contributed by atoms with van der Waals surface area (Å²) in [5, 5.41) is 37.9. The fourth-order valence-corrected chi connectivity index (χ4v) is 9.45. The smallest absolute Gasteiger partial charge is 0.333 e. The summed E-state index contributed by atoms with van der Waals surface area (Å²) in [6.07, 6.45) is 15.2. The first-order valence-electron chi connectivity index (χ1n) is 25.5. The highest BCUT2D eigenvalue weighted by Gasteiger charge is 2.19. The van der Waals surface area contributed by atoms with Crippen LogP contribution in [0.4, 0.5) is 17.1 Å². The first-order chi connectivity index (χ1) is 39.2. The summed E-state index contributed by atoms with van der Waals surface area (Å²) in [7, 11) is 0. The summed E-state index contributed by atoms with van der Waals surface area (Å²) in [5.74, 6) is -4.80. The molecule has 7 aromatic rings. The second-order valence-corrected chi connectivity index (χ2v) is 18.8. The number of aliphatic carboxylic acids is 4. The van der Waals surface area contributed by atoms with Gasteiger partial charge in [0, 0.05) is 17.1 Å². The molecule has 81 heavy (non-hydrogen) atoms. The lowest BCUT2D eigenvalue weighted by molar-refractivity contribution is -0.133. The average Bonchev–Trinajstić information content (AvgIpc) is 3.49. The summed E-state index contributed by atoms with van der Waals surface area (Å²) in [6, 6.07) is 53.5. The highest BCUT2D eigenvalue weighted by Crippen LogP contribution is 2.39. The molecule has 7 aromatic carbocycles. The van der Waals surface area contributed by atoms with Crippen molar-refractivity contribution in [1.82, 2.24) is 0 Å². The van der Waals surface area contributed by atoms with Gasteiger partial charge in [0.05, 0.1) is 26.3 Å². The number of carboxylic acids is 4. The van der Waals surface area contributed by atoms with Gasteiger partial charge in [-0.25, -0.2) is 19.4 Å². The van der Waals surface area contributed by atoms with Gasteiger partial charge in [-0.2, -0.15) is 0 Å². The minimum atomic E-state index is -1.33. The van der Waals surface area contributed by atoms with Crippen molar-refractivity contribution < 1.29 is 39.6 Å². The van der Waals surface area contributed by atoms with Gasteiger partial charge in [-0.05, 0) is 164 Å². The molecule has 0 spiro atoms. The van der Waals surface area contributed by atoms with Crippen molar-refractivity contribution in [2.24, 2.45) is 0 Å². The number of carboxylic acid groups (broad SMARTS) is 4. The van der Waals surface area contributed by atoms with Crippen LogP contribution in [0.15, 0.2) is 193 Å². The molecule has 0 bridgehead atoms. The van der Waals surface area contributed by atoms with Crippen LogP contribution < -0.4 is 4.90 Å². The normalized spacial score (nSPS) is 12.8. The van der Waals surface area contributed by atoms with Crippen molar-refractivity contribution in [2.75, 3.05) is 4.90 Å². The minimum Gasteiger partial charge on any atom is -0.486 e. The van der Waals surface area contributed by atoms with Gasteiger partial charge >= 0.3 is 23.9 Å². The minimum absolute atomic E-state index is 0.419. The van der Waals surface area contributed by atoms with E-state index in [9.17, 15) is 39.6 Å². The molecule has 1 aliphatic rings. The Morgan fingerprint density at radius 3 is 0.827 bits per heavy atom. The predicted molar refractivity (Wildman–Crippen MR) is 316 cm³/mol. The number of anilines is 3. The molecule has 1 saturated carbocycles. The Hall–Kier alpha value is -11.4. The Labute approximate surface area is 468 Å². The Balaban J connectivity index is 1.19. The fourth-order valence-electron chi connectivity index (χ4n) is 9.45. The molecule has 13 nitrogen and oxygen atoms in total. The molecule has 0 aliphatic heterocycles. The second-order valence-electron chi connectivity index (χ2n) is 18.8. The fraction of sp³-hybridized carbons (Fsp3) is 0.0882. The van der Waals surface area contributed by atoms with Crippen LogP contribution in [-0.2, 0) is 19.2 Å². The SMILES string of the molecule is [C-]#[N+]/C(=C\c1ccc(C(=Cc2ccc(N(c3ccc(C=C(c4ccc(/C=C(\[N+]#[C-])C(=O)O)cc4)c4ccc(/C=C(\[N+]#[C-])C(=O)O)cc4)cc3)c3ccc(C4CCCCC4)cc3)cc2)c2ccc(/C=C(\[N+]#[C-])C(=O)O)cc2)cc1)C(=O)O. The van der Waals surface area contributed by atoms with Crippen LogP contribution in [0.25, 0.3) is 67.0 Å². The molecule has 0 radical (unpaired) electrons. The third-order valence-corrected chi connectivity index (χ3v) is 13.6. The number of hydrogen-bond acceptors (Lipinski definition) is 5. The lowest BCUT2D eigenvalue weighted by Gasteiger charge is -2.27. The summed E-state index contributed by atoms with van der Waals surface area (Å²) in [5.41, 5.74) is 10.8. The summed E-state index contributed by atoms with van der Waals surface area (Å²) in [6.45, 7) is 29.2. The largest absolute Gasteiger partial charge is 0.486 e. The van der Waals surface area contributed by atoms with Crippen molar-refractivity contribution in [3.8, 4) is 0 Å². The zero-order chi connectivity index (χ0) is 57.4. The van der Waals surface area contributed by atoms with Crippen molar-refractivity contribution in [3.63, 3.8) is 0 Å². The van der Waals surface area contributed by atoms with Crippen molar-refractivity contribution in [2.45, 2.75) is 38.0 Å². The standard InChI is InChI=1S/C68H49N5O8/c1-69-61(65(74)75)40-46-10-22-52(23-11-46)59(53-24-12-47(13-25-53)41-62(70-2)66(76)77)38-44-18-32-56(33-19-44)73(58-36-30-51(31-37-58)50-8-6-5-7-9-50)57-34-20-45(21-35-57)39-60(54-26-14-48(15-27-54)42-63(71-3)67(78)79)55-28-16-49(17-29-55)43-64(72-4)68(80)81/h10-43,50H,5-9H2,(H,74,75)(H,76,77)(H,78,79)(H,80,81)/b61-40-,62-41-,63-42-,64-43-. The monoisotopic (exact) mass is 1060 g/mol. The van der Waals surface area contributed by atoms with E-state index >= 15 is 0 Å². The van der Waals surface area contributed by atoms with E-state index in [1.807, 2.05) is 109 Å². The van der Waals surface area contributed by atoms with Crippen LogP contribution in [0, 0.1) is 26.3 Å². The number of nitrogens with zero attached hydrogens (tertiary/aromatic N) is 5. The van der Waals surface area contributed by atoms with E-state index in [0.29, 0.717) is 28.2 Å². The molecule has 394 valence electrons. The molecule has 0 atom stereocenters. The first-order valence-corrected chi connectivity index (χ1v) is 25.5. The molecule has 0 unspecified atom stereocenters. The van der Waals surface area contributed by atoms with Gasteiger partial charge in [-0.1, -0.05) is 153 Å². The van der Waals surface area contributed by atoms with Crippen LogP contribution in [-0.4, -0.2) is 44.3 Å². The maximum absolute atomic E-state index is 11.6. The number of rotatable bonds is 18. The van der Waals surface area contributed by atoms with Gasteiger partial charge in [-0.3, -0.25) is 19.2 Å². The number of carbonyl (C=O) groups is 4. The van der Waals surface area contributed by atoms with Crippen LogP contribution in [0.1, 0.15) is 99.2 Å². The van der Waals surface area contributed by atoms with Gasteiger partial charge in [-0.15, -0.1) is 0 Å². The lowest BCUT2D eigenvalue weighted by Crippen LogP contribution is -2.10. The molecule has 0 saturated heterocycles. The Bertz CT molecular complexity index is 3490. The van der Waals surface area contributed by atoms with Crippen LogP contribution >= 0.6 is 0 Å². The highest BCUT2D eigenvalue weighted by molar-refractivity contribution is 5.98. The lowest BCUT2D eigenvalue weighted by atomic mass is 9.84. The maximum atomic E-state index is 11.6. The predicted octanol–water partition coefficient (Wildman–Crippen LogP) is 15.8. The molecule has 1 aliphatic carbocycles. The molecule has 13 heteroatoms. The topological polar surface area (TPSA) is 170 Å². The van der Waals surface area contributed by atoms with Gasteiger partial charge in [0.15, 0.2) is 0 Å². The quantitative estimate of drug-likeness (QED) is 0.0371. The van der Waals surface area contributed by atoms with E-state index in [1.165, 1.54) is 49.1 Å². The van der Waals surface area contributed by atoms with E-state index in [4.69, 9.17) is 26.3 Å².